The van der Waals surface area contributed by atoms with Crippen molar-refractivity contribution in [2.75, 3.05) is 0 Å². The molecular formula is C19H19N. The Balaban J connectivity index is 1.82. The Morgan fingerprint density at radius 3 is 2.60 bits per heavy atom. The monoisotopic (exact) mass is 261 g/mol. The first-order valence-corrected chi connectivity index (χ1v) is 7.60. The number of benzene rings is 2. The summed E-state index contributed by atoms with van der Waals surface area (Å²) in [5.41, 5.74) is 5.70. The van der Waals surface area contributed by atoms with Crippen molar-refractivity contribution in [1.82, 2.24) is 0 Å². The summed E-state index contributed by atoms with van der Waals surface area (Å²) in [5.74, 6) is 0. The predicted octanol–water partition coefficient (Wildman–Crippen LogP) is 4.83. The van der Waals surface area contributed by atoms with Gasteiger partial charge in [0.05, 0.1) is 5.69 Å². The van der Waals surface area contributed by atoms with Crippen LogP contribution in [0.3, 0.4) is 0 Å². The van der Waals surface area contributed by atoms with Gasteiger partial charge >= 0.3 is 0 Å². The van der Waals surface area contributed by atoms with Gasteiger partial charge in [0.15, 0.2) is 0 Å². The lowest BCUT2D eigenvalue weighted by atomic mass is 9.66. The summed E-state index contributed by atoms with van der Waals surface area (Å²) in [4.78, 5) is 4.96. The molecule has 1 unspecified atom stereocenters. The molecule has 2 aromatic carbocycles. The molecule has 0 saturated heterocycles. The van der Waals surface area contributed by atoms with Crippen LogP contribution in [0.1, 0.15) is 36.8 Å². The molecule has 1 atom stereocenters. The lowest BCUT2D eigenvalue weighted by molar-refractivity contribution is 0.460. The highest BCUT2D eigenvalue weighted by Gasteiger charge is 2.44. The molecule has 0 bridgehead atoms. The summed E-state index contributed by atoms with van der Waals surface area (Å²) < 4.78 is 0. The van der Waals surface area contributed by atoms with E-state index in [2.05, 4.69) is 54.6 Å². The number of hydrogen-bond acceptors (Lipinski definition) is 1. The smallest absolute Gasteiger partial charge is 0.0671 e. The lowest BCUT2D eigenvalue weighted by Crippen LogP contribution is -2.38. The molecule has 1 heterocycles. The number of fused-ring (bicyclic) bond motifs is 3. The highest BCUT2D eigenvalue weighted by Crippen LogP contribution is 2.48. The van der Waals surface area contributed by atoms with Gasteiger partial charge in [-0.1, -0.05) is 55.0 Å². The van der Waals surface area contributed by atoms with Crippen molar-refractivity contribution in [3.05, 3.63) is 65.7 Å². The van der Waals surface area contributed by atoms with Crippen LogP contribution in [0, 0.1) is 0 Å². The van der Waals surface area contributed by atoms with Gasteiger partial charge in [-0.05, 0) is 42.9 Å². The topological polar surface area (TPSA) is 12.4 Å². The minimum atomic E-state index is 0.177. The quantitative estimate of drug-likeness (QED) is 0.734. The van der Waals surface area contributed by atoms with Gasteiger partial charge < -0.3 is 0 Å². The Labute approximate surface area is 120 Å². The molecule has 0 aromatic heterocycles. The van der Waals surface area contributed by atoms with Gasteiger partial charge in [-0.25, -0.2) is 0 Å². The highest BCUT2D eigenvalue weighted by molar-refractivity contribution is 6.02. The summed E-state index contributed by atoms with van der Waals surface area (Å²) in [5, 5.41) is 0. The average Bonchev–Trinajstić information content (AvgIpc) is 2.83. The molecule has 2 aromatic rings. The van der Waals surface area contributed by atoms with Crippen LogP contribution in [-0.4, -0.2) is 5.71 Å². The molecule has 2 aliphatic rings. The van der Waals surface area contributed by atoms with Crippen LogP contribution in [0.2, 0.25) is 0 Å². The van der Waals surface area contributed by atoms with Gasteiger partial charge in [0, 0.05) is 11.1 Å². The maximum absolute atomic E-state index is 4.96. The molecule has 0 radical (unpaired) electrons. The molecule has 0 N–H and O–H groups in total. The van der Waals surface area contributed by atoms with Crippen molar-refractivity contribution in [1.29, 1.82) is 0 Å². The van der Waals surface area contributed by atoms with E-state index in [1.54, 1.807) is 0 Å². The molecular weight excluding hydrogens is 242 g/mol. The van der Waals surface area contributed by atoms with Gasteiger partial charge in [-0.2, -0.15) is 0 Å². The minimum absolute atomic E-state index is 0.177. The molecule has 1 saturated carbocycles. The third-order valence-electron chi connectivity index (χ3n) is 4.84. The molecule has 1 fully saturated rings. The van der Waals surface area contributed by atoms with E-state index in [1.807, 2.05) is 0 Å². The van der Waals surface area contributed by atoms with Crippen molar-refractivity contribution < 1.29 is 0 Å². The zero-order chi connectivity index (χ0) is 13.4. The van der Waals surface area contributed by atoms with Crippen molar-refractivity contribution in [3.63, 3.8) is 0 Å². The number of rotatable bonds is 2. The SMILES string of the molecule is c1ccc(CC23CCCCC2=Nc2ccccc23)cc1. The Morgan fingerprint density at radius 2 is 1.70 bits per heavy atom. The van der Waals surface area contributed by atoms with Crippen LogP contribution in [-0.2, 0) is 11.8 Å². The molecule has 1 aliphatic carbocycles. The van der Waals surface area contributed by atoms with Crippen LogP contribution >= 0.6 is 0 Å². The zero-order valence-corrected chi connectivity index (χ0v) is 11.7. The van der Waals surface area contributed by atoms with E-state index in [4.69, 9.17) is 4.99 Å². The van der Waals surface area contributed by atoms with Crippen LogP contribution in [0.25, 0.3) is 0 Å². The van der Waals surface area contributed by atoms with E-state index in [1.165, 1.54) is 48.2 Å². The normalized spacial score (nSPS) is 23.9. The second kappa shape index (κ2) is 4.59. The maximum Gasteiger partial charge on any atom is 0.0671 e. The minimum Gasteiger partial charge on any atom is -0.257 e. The van der Waals surface area contributed by atoms with E-state index in [0.717, 1.165) is 6.42 Å². The summed E-state index contributed by atoms with van der Waals surface area (Å²) in [6, 6.07) is 19.6. The van der Waals surface area contributed by atoms with Gasteiger partial charge in [0.1, 0.15) is 0 Å². The van der Waals surface area contributed by atoms with Crippen molar-refractivity contribution in [2.45, 2.75) is 37.5 Å². The second-order valence-electron chi connectivity index (χ2n) is 6.03. The third kappa shape index (κ3) is 1.73. The van der Waals surface area contributed by atoms with Crippen LogP contribution in [0.4, 0.5) is 5.69 Å². The predicted molar refractivity (Wildman–Crippen MR) is 83.8 cm³/mol. The van der Waals surface area contributed by atoms with E-state index >= 15 is 0 Å². The Kier molecular flexibility index (Phi) is 2.73. The molecule has 1 aliphatic heterocycles. The lowest BCUT2D eigenvalue weighted by Gasteiger charge is -2.36. The van der Waals surface area contributed by atoms with Gasteiger partial charge in [0.25, 0.3) is 0 Å². The second-order valence-corrected chi connectivity index (χ2v) is 6.03. The third-order valence-corrected chi connectivity index (χ3v) is 4.84. The summed E-state index contributed by atoms with van der Waals surface area (Å²) >= 11 is 0. The van der Waals surface area contributed by atoms with Crippen molar-refractivity contribution >= 4 is 11.4 Å². The van der Waals surface area contributed by atoms with Crippen LogP contribution in [0.15, 0.2) is 59.6 Å². The summed E-state index contributed by atoms with van der Waals surface area (Å²) in [6.45, 7) is 0. The first-order chi connectivity index (χ1) is 9.88. The Morgan fingerprint density at radius 1 is 0.900 bits per heavy atom. The first kappa shape index (κ1) is 11.9. The van der Waals surface area contributed by atoms with Crippen molar-refractivity contribution in [2.24, 2.45) is 4.99 Å². The van der Waals surface area contributed by atoms with Crippen LogP contribution in [0.5, 0.6) is 0 Å². The average molecular weight is 261 g/mol. The fourth-order valence-electron chi connectivity index (χ4n) is 3.91. The van der Waals surface area contributed by atoms with Gasteiger partial charge in [-0.15, -0.1) is 0 Å². The van der Waals surface area contributed by atoms with E-state index in [9.17, 15) is 0 Å². The summed E-state index contributed by atoms with van der Waals surface area (Å²) in [6.07, 6.45) is 6.13. The number of para-hydroxylation sites is 1. The zero-order valence-electron chi connectivity index (χ0n) is 11.7. The van der Waals surface area contributed by atoms with E-state index in [0.29, 0.717) is 0 Å². The molecule has 4 rings (SSSR count). The maximum atomic E-state index is 4.96. The standard InChI is InChI=1S/C19H19N/c1-2-8-15(9-3-1)14-19-13-7-6-12-18(19)20-17-11-5-4-10-16(17)19/h1-5,8-11H,6-7,12-14H2. The Bertz CT molecular complexity index is 656. The molecule has 1 heteroatoms. The first-order valence-electron chi connectivity index (χ1n) is 7.60. The summed E-state index contributed by atoms with van der Waals surface area (Å²) in [7, 11) is 0. The molecule has 0 spiro atoms. The number of nitrogens with zero attached hydrogens (tertiary/aromatic N) is 1. The fraction of sp³-hybridized carbons (Fsp3) is 0.316. The van der Waals surface area contributed by atoms with Gasteiger partial charge in [0.2, 0.25) is 0 Å². The van der Waals surface area contributed by atoms with E-state index < -0.39 is 0 Å². The molecule has 1 nitrogen and oxygen atoms in total. The highest BCUT2D eigenvalue weighted by atomic mass is 14.8. The Hall–Kier alpha value is -1.89. The van der Waals surface area contributed by atoms with Gasteiger partial charge in [-0.3, -0.25) is 4.99 Å². The van der Waals surface area contributed by atoms with Crippen molar-refractivity contribution in [3.8, 4) is 0 Å². The molecule has 100 valence electrons. The van der Waals surface area contributed by atoms with Crippen LogP contribution < -0.4 is 0 Å². The fourth-order valence-corrected chi connectivity index (χ4v) is 3.91. The van der Waals surface area contributed by atoms with E-state index in [-0.39, 0.29) is 5.41 Å². The number of aliphatic imine (C=N–C) groups is 1. The number of hydrogen-bond donors (Lipinski definition) is 0. The molecule has 0 amide bonds. The largest absolute Gasteiger partial charge is 0.257 e. The molecule has 20 heavy (non-hydrogen) atoms.